The van der Waals surface area contributed by atoms with Gasteiger partial charge in [-0.05, 0) is 30.7 Å². The Bertz CT molecular complexity index is 896. The molecule has 3 aromatic rings. The summed E-state index contributed by atoms with van der Waals surface area (Å²) >= 11 is 0. The van der Waals surface area contributed by atoms with E-state index in [9.17, 15) is 0 Å². The molecule has 1 fully saturated rings. The topological polar surface area (TPSA) is 51.1 Å². The van der Waals surface area contributed by atoms with Gasteiger partial charge in [0.05, 0.1) is 6.04 Å². The van der Waals surface area contributed by atoms with Gasteiger partial charge in [-0.2, -0.15) is 4.98 Å². The molecule has 0 bridgehead atoms. The van der Waals surface area contributed by atoms with E-state index >= 15 is 0 Å². The van der Waals surface area contributed by atoms with Crippen LogP contribution in [0.2, 0.25) is 0 Å². The zero-order valence-corrected chi connectivity index (χ0v) is 15.3. The molecule has 0 amide bonds. The Morgan fingerprint density at radius 3 is 2.58 bits per heavy atom. The van der Waals surface area contributed by atoms with E-state index in [0.29, 0.717) is 11.8 Å². The second kappa shape index (κ2) is 6.41. The van der Waals surface area contributed by atoms with Crippen LogP contribution in [0, 0.1) is 12.3 Å². The minimum atomic E-state index is 0.136. The van der Waals surface area contributed by atoms with Crippen molar-refractivity contribution < 1.29 is 4.74 Å². The fraction of sp³-hybridized carbons (Fsp3) is 0.286. The van der Waals surface area contributed by atoms with Crippen molar-refractivity contribution in [3.05, 3.63) is 72.2 Å². The largest absolute Gasteiger partial charge is 0.439 e. The summed E-state index contributed by atoms with van der Waals surface area (Å²) in [5, 5.41) is 0. The number of aryl methyl sites for hydroxylation is 1. The summed E-state index contributed by atoms with van der Waals surface area (Å²) < 4.78 is 5.92. The second-order valence-corrected chi connectivity index (χ2v) is 7.37. The van der Waals surface area contributed by atoms with Gasteiger partial charge < -0.3 is 9.64 Å². The average Bonchev–Trinajstić information content (AvgIpc) is 2.61. The summed E-state index contributed by atoms with van der Waals surface area (Å²) in [6, 6.07) is 15.8. The lowest BCUT2D eigenvalue weighted by Crippen LogP contribution is -2.56. The molecule has 3 heterocycles. The molecule has 1 unspecified atom stereocenters. The first kappa shape index (κ1) is 16.5. The fourth-order valence-electron chi connectivity index (χ4n) is 3.60. The third-order valence-electron chi connectivity index (χ3n) is 4.67. The molecule has 0 radical (unpaired) electrons. The summed E-state index contributed by atoms with van der Waals surface area (Å²) in [6.45, 7) is 7.38. The third-order valence-corrected chi connectivity index (χ3v) is 4.67. The number of nitrogens with zero attached hydrogens (tertiary/aromatic N) is 4. The SMILES string of the molecule is Cc1cc(Oc2ccccc2)nc(N2CC(C)(C)C2c2cccnc2)n1. The van der Waals surface area contributed by atoms with E-state index in [4.69, 9.17) is 4.74 Å². The molecule has 5 nitrogen and oxygen atoms in total. The maximum Gasteiger partial charge on any atom is 0.229 e. The molecule has 1 aliphatic heterocycles. The molecule has 0 saturated carbocycles. The van der Waals surface area contributed by atoms with E-state index in [1.807, 2.05) is 55.6 Å². The van der Waals surface area contributed by atoms with Crippen LogP contribution in [0.1, 0.15) is 31.1 Å². The molecule has 1 aromatic carbocycles. The number of ether oxygens (including phenoxy) is 1. The van der Waals surface area contributed by atoms with Crippen molar-refractivity contribution >= 4 is 5.95 Å². The molecule has 26 heavy (non-hydrogen) atoms. The number of para-hydroxylation sites is 1. The van der Waals surface area contributed by atoms with Crippen molar-refractivity contribution in [3.8, 4) is 11.6 Å². The fourth-order valence-corrected chi connectivity index (χ4v) is 3.60. The van der Waals surface area contributed by atoms with Gasteiger partial charge in [-0.3, -0.25) is 4.98 Å². The number of hydrogen-bond acceptors (Lipinski definition) is 5. The van der Waals surface area contributed by atoms with Gasteiger partial charge in [0.15, 0.2) is 0 Å². The first-order valence-corrected chi connectivity index (χ1v) is 8.78. The van der Waals surface area contributed by atoms with Gasteiger partial charge in [0.1, 0.15) is 5.75 Å². The first-order valence-electron chi connectivity index (χ1n) is 8.78. The zero-order valence-electron chi connectivity index (χ0n) is 15.3. The van der Waals surface area contributed by atoms with Crippen LogP contribution >= 0.6 is 0 Å². The van der Waals surface area contributed by atoms with Crippen LogP contribution in [0.3, 0.4) is 0 Å². The van der Waals surface area contributed by atoms with Gasteiger partial charge in [0.25, 0.3) is 0 Å². The molecule has 1 saturated heterocycles. The molecule has 5 heteroatoms. The van der Waals surface area contributed by atoms with Gasteiger partial charge >= 0.3 is 0 Å². The maximum atomic E-state index is 5.92. The number of hydrogen-bond donors (Lipinski definition) is 0. The van der Waals surface area contributed by atoms with Crippen molar-refractivity contribution in [2.45, 2.75) is 26.8 Å². The van der Waals surface area contributed by atoms with Crippen molar-refractivity contribution in [2.24, 2.45) is 5.41 Å². The van der Waals surface area contributed by atoms with Crippen molar-refractivity contribution in [1.29, 1.82) is 0 Å². The molecular weight excluding hydrogens is 324 g/mol. The molecule has 0 spiro atoms. The lowest BCUT2D eigenvalue weighted by molar-refractivity contribution is 0.176. The standard InChI is InChI=1S/C21H22N4O/c1-15-12-18(26-17-9-5-4-6-10-17)24-20(23-15)25-14-21(2,3)19(25)16-8-7-11-22-13-16/h4-13,19H,14H2,1-3H3. The van der Waals surface area contributed by atoms with Crippen molar-refractivity contribution in [2.75, 3.05) is 11.4 Å². The minimum absolute atomic E-state index is 0.136. The number of pyridine rings is 1. The van der Waals surface area contributed by atoms with E-state index in [1.54, 1.807) is 6.20 Å². The highest BCUT2D eigenvalue weighted by Crippen LogP contribution is 2.49. The highest BCUT2D eigenvalue weighted by molar-refractivity contribution is 5.45. The van der Waals surface area contributed by atoms with Gasteiger partial charge in [0, 0.05) is 36.1 Å². The molecular formula is C21H22N4O. The Morgan fingerprint density at radius 2 is 1.88 bits per heavy atom. The Hall–Kier alpha value is -2.95. The van der Waals surface area contributed by atoms with Crippen LogP contribution in [-0.2, 0) is 0 Å². The Labute approximate surface area is 153 Å². The van der Waals surface area contributed by atoms with E-state index in [1.165, 1.54) is 5.56 Å². The van der Waals surface area contributed by atoms with Crippen LogP contribution in [0.15, 0.2) is 60.9 Å². The van der Waals surface area contributed by atoms with Crippen LogP contribution in [-0.4, -0.2) is 21.5 Å². The predicted molar refractivity (Wildman–Crippen MR) is 101 cm³/mol. The quantitative estimate of drug-likeness (QED) is 0.693. The van der Waals surface area contributed by atoms with Crippen molar-refractivity contribution in [1.82, 2.24) is 15.0 Å². The minimum Gasteiger partial charge on any atom is -0.439 e. The maximum absolute atomic E-state index is 5.92. The van der Waals surface area contributed by atoms with E-state index in [0.717, 1.165) is 18.0 Å². The van der Waals surface area contributed by atoms with Crippen LogP contribution in [0.5, 0.6) is 11.6 Å². The zero-order chi connectivity index (χ0) is 18.1. The Balaban J connectivity index is 1.65. The smallest absolute Gasteiger partial charge is 0.229 e. The summed E-state index contributed by atoms with van der Waals surface area (Å²) in [5.74, 6) is 2.03. The molecule has 1 atom stereocenters. The Morgan fingerprint density at radius 1 is 1.08 bits per heavy atom. The molecule has 4 rings (SSSR count). The Kier molecular flexibility index (Phi) is 4.07. The summed E-state index contributed by atoms with van der Waals surface area (Å²) in [6.07, 6.45) is 3.73. The second-order valence-electron chi connectivity index (χ2n) is 7.37. The highest BCUT2D eigenvalue weighted by atomic mass is 16.5. The average molecular weight is 346 g/mol. The van der Waals surface area contributed by atoms with Crippen LogP contribution in [0.25, 0.3) is 0 Å². The predicted octanol–water partition coefficient (Wildman–Crippen LogP) is 4.56. The van der Waals surface area contributed by atoms with E-state index in [2.05, 4.69) is 39.8 Å². The number of aromatic nitrogens is 3. The lowest BCUT2D eigenvalue weighted by Gasteiger charge is -2.54. The van der Waals surface area contributed by atoms with Crippen LogP contribution < -0.4 is 9.64 Å². The third kappa shape index (κ3) is 3.12. The van der Waals surface area contributed by atoms with Gasteiger partial charge in [0.2, 0.25) is 11.8 Å². The van der Waals surface area contributed by atoms with E-state index < -0.39 is 0 Å². The molecule has 0 aliphatic carbocycles. The molecule has 0 N–H and O–H groups in total. The number of benzene rings is 1. The van der Waals surface area contributed by atoms with Crippen LogP contribution in [0.4, 0.5) is 5.95 Å². The lowest BCUT2D eigenvalue weighted by atomic mass is 9.72. The summed E-state index contributed by atoms with van der Waals surface area (Å²) in [4.78, 5) is 15.8. The van der Waals surface area contributed by atoms with Gasteiger partial charge in [-0.15, -0.1) is 0 Å². The van der Waals surface area contributed by atoms with Gasteiger partial charge in [-0.1, -0.05) is 38.1 Å². The summed E-state index contributed by atoms with van der Waals surface area (Å²) in [5.41, 5.74) is 2.20. The van der Waals surface area contributed by atoms with E-state index in [-0.39, 0.29) is 11.5 Å². The van der Waals surface area contributed by atoms with Crippen molar-refractivity contribution in [3.63, 3.8) is 0 Å². The monoisotopic (exact) mass is 346 g/mol. The number of anilines is 1. The van der Waals surface area contributed by atoms with Gasteiger partial charge in [-0.25, -0.2) is 4.98 Å². The molecule has 2 aromatic heterocycles. The number of rotatable bonds is 4. The summed E-state index contributed by atoms with van der Waals surface area (Å²) in [7, 11) is 0. The first-order chi connectivity index (χ1) is 12.5. The molecule has 1 aliphatic rings. The normalized spacial score (nSPS) is 18.3. The highest BCUT2D eigenvalue weighted by Gasteiger charge is 2.48. The molecule has 132 valence electrons.